The van der Waals surface area contributed by atoms with Crippen molar-refractivity contribution >= 4 is 17.3 Å². The molecule has 0 unspecified atom stereocenters. The summed E-state index contributed by atoms with van der Waals surface area (Å²) in [6, 6.07) is 3.13. The Kier molecular flexibility index (Phi) is 4.30. The molecule has 0 bridgehead atoms. The molecular weight excluding hydrogens is 362 g/mol. The summed E-state index contributed by atoms with van der Waals surface area (Å²) < 4.78 is 0. The third kappa shape index (κ3) is 3.10. The van der Waals surface area contributed by atoms with Gasteiger partial charge in [-0.15, -0.1) is 23.7 Å². The maximum Gasteiger partial charge on any atom is 0.0162 e. The number of nitrogen functional groups attached to an aromatic ring is 1. The molecule has 46 valence electrons. The van der Waals surface area contributed by atoms with Crippen molar-refractivity contribution in [3.63, 3.8) is 0 Å². The van der Waals surface area contributed by atoms with Gasteiger partial charge in [0.05, 0.1) is 0 Å². The number of nitrogens with zero attached hydrogens (tertiary/aromatic N) is 1. The van der Waals surface area contributed by atoms with Gasteiger partial charge < -0.3 is 10.7 Å². The van der Waals surface area contributed by atoms with Crippen LogP contribution in [0.15, 0.2) is 12.1 Å². The van der Waals surface area contributed by atoms with E-state index in [1.54, 1.807) is 12.1 Å². The molecule has 1 aromatic rings. The molecule has 4 heteroatoms. The van der Waals surface area contributed by atoms with Crippen molar-refractivity contribution in [2.24, 2.45) is 0 Å². The minimum absolute atomic E-state index is 0. The molecule has 0 aromatic carbocycles. The fraction of sp³-hybridized carbons (Fsp3) is 0. The average Bonchev–Trinajstić information content (AvgIpc) is 1.64. The van der Waals surface area contributed by atoms with Gasteiger partial charge in [-0.1, -0.05) is 11.9 Å². The topological polar surface area (TPSA) is 38.9 Å². The first-order valence-corrected chi connectivity index (χ1v) is 2.46. The van der Waals surface area contributed by atoms with Gasteiger partial charge in [-0.25, -0.2) is 0 Å². The third-order valence-corrected chi connectivity index (χ3v) is 0.882. The zero-order chi connectivity index (χ0) is 5.98. The maximum absolute atomic E-state index is 5.42. The average molecular weight is 366 g/mol. The molecule has 0 atom stereocenters. The summed E-state index contributed by atoms with van der Waals surface area (Å²) in [6.45, 7) is 0. The molecule has 1 rings (SSSR count). The minimum atomic E-state index is 0. The number of halogens is 1. The van der Waals surface area contributed by atoms with Gasteiger partial charge in [0.2, 0.25) is 0 Å². The first-order valence-electron chi connectivity index (χ1n) is 2.08. The minimum Gasteiger partial charge on any atom is -0.449 e. The van der Waals surface area contributed by atoms with Crippen LogP contribution in [0.2, 0.25) is 5.15 Å². The summed E-state index contributed by atoms with van der Waals surface area (Å²) in [7, 11) is 0. The van der Waals surface area contributed by atoms with E-state index in [1.165, 1.54) is 0 Å². The largest absolute Gasteiger partial charge is 0.449 e. The fourth-order valence-corrected chi connectivity index (χ4v) is 0.555. The number of pyridine rings is 1. The molecule has 0 amide bonds. The molecule has 0 aliphatic rings. The molecule has 0 fully saturated rings. The van der Waals surface area contributed by atoms with Crippen LogP contribution in [0.1, 0.15) is 0 Å². The van der Waals surface area contributed by atoms with Crippen LogP contribution in [0, 0.1) is 37.3 Å². The van der Waals surface area contributed by atoms with Crippen molar-refractivity contribution in [3.05, 3.63) is 23.5 Å². The van der Waals surface area contributed by atoms with E-state index < -0.39 is 0 Å². The van der Waals surface area contributed by atoms with Gasteiger partial charge in [-0.05, 0) is 0 Å². The van der Waals surface area contributed by atoms with Gasteiger partial charge >= 0.3 is 0 Å². The van der Waals surface area contributed by atoms with Gasteiger partial charge in [0, 0.05) is 36.3 Å². The number of hydrogen-bond donors (Lipinski definition) is 1. The zero-order valence-corrected chi connectivity index (χ0v) is 9.48. The Morgan fingerprint density at radius 1 is 1.67 bits per heavy atom. The maximum atomic E-state index is 5.42. The monoisotopic (exact) mass is 365 g/mol. The number of rotatable bonds is 0. The molecule has 0 spiro atoms. The van der Waals surface area contributed by atoms with Gasteiger partial charge in [0.25, 0.3) is 0 Å². The van der Waals surface area contributed by atoms with E-state index in [-0.39, 0.29) is 31.1 Å². The summed E-state index contributed by atoms with van der Waals surface area (Å²) in [6.07, 6.45) is 2.52. The number of nitrogens with two attached hydrogens (primary N) is 1. The Morgan fingerprint density at radius 2 is 2.33 bits per heavy atom. The summed E-state index contributed by atoms with van der Waals surface area (Å²) in [5.74, 6) is 0. The Balaban J connectivity index is 0.000000640. The molecule has 0 radical (unpaired) electrons. The predicted molar refractivity (Wildman–Crippen MR) is 32.5 cm³/mol. The van der Waals surface area contributed by atoms with Crippen molar-refractivity contribution in [1.82, 2.24) is 4.98 Å². The standard InChI is InChI=1S/C5H4ClN2.U/c6-5-3-4(7)1-2-8-5;/h1,3H,(H2,7,8);/q-1;. The Morgan fingerprint density at radius 3 is 2.67 bits per heavy atom. The van der Waals surface area contributed by atoms with Crippen molar-refractivity contribution in [2.45, 2.75) is 0 Å². The molecule has 2 N–H and O–H groups in total. The van der Waals surface area contributed by atoms with Gasteiger partial charge in [-0.3, -0.25) is 0 Å². The smallest absolute Gasteiger partial charge is 0.0162 e. The molecule has 9 heavy (non-hydrogen) atoms. The summed E-state index contributed by atoms with van der Waals surface area (Å²) in [5, 5.41) is 0.380. The van der Waals surface area contributed by atoms with E-state index in [0.717, 1.165) is 0 Å². The fourth-order valence-electron chi connectivity index (χ4n) is 0.380. The van der Waals surface area contributed by atoms with E-state index in [4.69, 9.17) is 17.3 Å². The zero-order valence-electron chi connectivity index (χ0n) is 4.56. The van der Waals surface area contributed by atoms with Crippen LogP contribution in [0.25, 0.3) is 0 Å². The summed E-state index contributed by atoms with van der Waals surface area (Å²) >= 11 is 5.42. The van der Waals surface area contributed by atoms with Crippen molar-refractivity contribution in [1.29, 1.82) is 0 Å². The molecule has 0 saturated heterocycles. The van der Waals surface area contributed by atoms with Gasteiger partial charge in [0.15, 0.2) is 0 Å². The van der Waals surface area contributed by atoms with Gasteiger partial charge in [0.1, 0.15) is 0 Å². The predicted octanol–water partition coefficient (Wildman–Crippen LogP) is 1.12. The number of anilines is 1. The van der Waals surface area contributed by atoms with Gasteiger partial charge in [-0.2, -0.15) is 0 Å². The van der Waals surface area contributed by atoms with Crippen LogP contribution in [-0.2, 0) is 0 Å². The number of aromatic nitrogens is 1. The molecule has 0 aliphatic carbocycles. The third-order valence-electron chi connectivity index (χ3n) is 0.688. The second-order valence-electron chi connectivity index (χ2n) is 1.35. The van der Waals surface area contributed by atoms with E-state index in [9.17, 15) is 0 Å². The second-order valence-corrected chi connectivity index (χ2v) is 1.74. The van der Waals surface area contributed by atoms with E-state index >= 15 is 0 Å². The van der Waals surface area contributed by atoms with Crippen molar-refractivity contribution in [2.75, 3.05) is 5.73 Å². The first-order chi connectivity index (χ1) is 3.79. The molecule has 2 nitrogen and oxygen atoms in total. The van der Waals surface area contributed by atoms with E-state index in [2.05, 4.69) is 11.2 Å². The van der Waals surface area contributed by atoms with Crippen LogP contribution in [0.5, 0.6) is 0 Å². The SMILES string of the molecule is Nc1c[c-]nc(Cl)c1.[U]. The van der Waals surface area contributed by atoms with Crippen LogP contribution >= 0.6 is 11.6 Å². The summed E-state index contributed by atoms with van der Waals surface area (Å²) in [5.41, 5.74) is 5.89. The quantitative estimate of drug-likeness (QED) is 0.553. The molecular formula is C5H4ClN2U-. The van der Waals surface area contributed by atoms with E-state index in [0.29, 0.717) is 10.8 Å². The molecule has 1 heterocycles. The van der Waals surface area contributed by atoms with Crippen LogP contribution in [0.4, 0.5) is 5.69 Å². The van der Waals surface area contributed by atoms with Crippen LogP contribution in [0.3, 0.4) is 0 Å². The molecule has 0 saturated carbocycles. The number of hydrogen-bond acceptors (Lipinski definition) is 2. The molecule has 1 aromatic heterocycles. The Hall–Kier alpha value is 0.292. The van der Waals surface area contributed by atoms with Crippen LogP contribution < -0.4 is 5.73 Å². The Bertz CT molecular complexity index is 175. The van der Waals surface area contributed by atoms with Crippen molar-refractivity contribution in [3.8, 4) is 0 Å². The van der Waals surface area contributed by atoms with E-state index in [1.807, 2.05) is 0 Å². The normalized spacial score (nSPS) is 8.11. The van der Waals surface area contributed by atoms with Crippen LogP contribution in [-0.4, -0.2) is 4.98 Å². The Labute approximate surface area is 82.2 Å². The second kappa shape index (κ2) is 4.16. The summed E-state index contributed by atoms with van der Waals surface area (Å²) in [4.78, 5) is 3.60. The van der Waals surface area contributed by atoms with Crippen molar-refractivity contribution < 1.29 is 31.1 Å². The first kappa shape index (κ1) is 9.29. The molecule has 0 aliphatic heterocycles.